The third-order valence-electron chi connectivity index (χ3n) is 6.52. The number of methoxy groups -OCH3 is 1. The smallest absolute Gasteiger partial charge is 0.356 e. The molecule has 0 aliphatic carbocycles. The van der Waals surface area contributed by atoms with Gasteiger partial charge in [-0.3, -0.25) is 4.79 Å². The van der Waals surface area contributed by atoms with Gasteiger partial charge in [-0.05, 0) is 37.3 Å². The highest BCUT2D eigenvalue weighted by molar-refractivity contribution is 6.12. The number of amides is 1. The number of ether oxygens (including phenoxy) is 3. The lowest BCUT2D eigenvalue weighted by Crippen LogP contribution is -2.28. The second kappa shape index (κ2) is 10.5. The minimum atomic E-state index is -0.541. The molecule has 3 aromatic rings. The monoisotopic (exact) mass is 478 g/mol. The van der Waals surface area contributed by atoms with Crippen LogP contribution in [-0.4, -0.2) is 60.5 Å². The first-order chi connectivity index (χ1) is 17.1. The molecule has 2 N–H and O–H groups in total. The van der Waals surface area contributed by atoms with Gasteiger partial charge in [0.1, 0.15) is 11.8 Å². The van der Waals surface area contributed by atoms with Gasteiger partial charge in [-0.2, -0.15) is 0 Å². The van der Waals surface area contributed by atoms with Crippen LogP contribution in [0.1, 0.15) is 41.7 Å². The maximum absolute atomic E-state index is 13.0. The number of anilines is 2. The van der Waals surface area contributed by atoms with Crippen LogP contribution in [0.5, 0.6) is 0 Å². The molecule has 1 amide bonds. The highest BCUT2D eigenvalue weighted by Crippen LogP contribution is 2.34. The molecule has 2 saturated heterocycles. The Labute approximate surface area is 203 Å². The molecule has 2 aromatic heterocycles. The predicted molar refractivity (Wildman–Crippen MR) is 132 cm³/mol. The first kappa shape index (κ1) is 23.3. The summed E-state index contributed by atoms with van der Waals surface area (Å²) in [5.74, 6) is -0.810. The van der Waals surface area contributed by atoms with E-state index >= 15 is 0 Å². The molecule has 1 aromatic carbocycles. The molecule has 0 bridgehead atoms. The van der Waals surface area contributed by atoms with Crippen molar-refractivity contribution < 1.29 is 23.8 Å². The molecule has 2 aliphatic heterocycles. The van der Waals surface area contributed by atoms with Crippen molar-refractivity contribution in [3.05, 3.63) is 53.9 Å². The summed E-state index contributed by atoms with van der Waals surface area (Å²) in [6, 6.07) is 12.0. The van der Waals surface area contributed by atoms with Crippen molar-refractivity contribution in [2.24, 2.45) is 0 Å². The van der Waals surface area contributed by atoms with E-state index in [0.29, 0.717) is 36.3 Å². The largest absolute Gasteiger partial charge is 0.464 e. The van der Waals surface area contributed by atoms with E-state index in [4.69, 9.17) is 19.2 Å². The van der Waals surface area contributed by atoms with Crippen LogP contribution in [0.25, 0.3) is 11.0 Å². The van der Waals surface area contributed by atoms with E-state index in [2.05, 4.69) is 10.6 Å². The number of fused-ring (bicyclic) bond motifs is 1. The number of carbonyl (C=O) groups is 2. The van der Waals surface area contributed by atoms with Gasteiger partial charge in [0.15, 0.2) is 5.69 Å². The number of carbonyl (C=O) groups excluding carboxylic acids is 2. The average Bonchev–Trinajstić information content (AvgIpc) is 3.53. The molecule has 1 atom stereocenters. The van der Waals surface area contributed by atoms with Gasteiger partial charge < -0.3 is 29.4 Å². The zero-order valence-corrected chi connectivity index (χ0v) is 19.8. The van der Waals surface area contributed by atoms with Crippen LogP contribution in [-0.2, 0) is 25.5 Å². The van der Waals surface area contributed by atoms with Gasteiger partial charge in [-0.25, -0.2) is 9.78 Å². The molecule has 2 aliphatic rings. The van der Waals surface area contributed by atoms with E-state index in [1.54, 1.807) is 10.8 Å². The molecule has 5 rings (SSSR count). The van der Waals surface area contributed by atoms with Crippen LogP contribution in [0.4, 0.5) is 11.4 Å². The zero-order chi connectivity index (χ0) is 24.2. The SMILES string of the molecule is COC(=O)c1c(NC(=O)[C@@H]2CCCO2)c2cc(NC3CCOCC3)cnc2n1Cc1ccccc1. The third kappa shape index (κ3) is 5.01. The van der Waals surface area contributed by atoms with Crippen LogP contribution < -0.4 is 10.6 Å². The number of hydrogen-bond acceptors (Lipinski definition) is 7. The molecule has 0 spiro atoms. The van der Waals surface area contributed by atoms with Gasteiger partial charge in [-0.1, -0.05) is 30.3 Å². The number of nitrogens with zero attached hydrogens (tertiary/aromatic N) is 2. The van der Waals surface area contributed by atoms with Crippen LogP contribution >= 0.6 is 0 Å². The fraction of sp³-hybridized carbons (Fsp3) is 0.423. The molecular weight excluding hydrogens is 448 g/mol. The lowest BCUT2D eigenvalue weighted by molar-refractivity contribution is -0.124. The second-order valence-corrected chi connectivity index (χ2v) is 8.90. The summed E-state index contributed by atoms with van der Waals surface area (Å²) in [5, 5.41) is 7.17. The standard InChI is InChI=1S/C26H30N4O5/c1-33-26(32)23-22(29-25(31)21-8-5-11-35-21)20-14-19(28-18-9-12-34-13-10-18)15-27-24(20)30(23)16-17-6-3-2-4-7-17/h2-4,6-7,14-15,18,21,28H,5,8-13,16H2,1H3,(H,29,31)/t21-/m0/s1. The van der Waals surface area contributed by atoms with E-state index < -0.39 is 12.1 Å². The lowest BCUT2D eigenvalue weighted by Gasteiger charge is -2.24. The summed E-state index contributed by atoms with van der Waals surface area (Å²) in [4.78, 5) is 30.8. The maximum atomic E-state index is 13.0. The van der Waals surface area contributed by atoms with Crippen molar-refractivity contribution in [1.29, 1.82) is 0 Å². The number of rotatable bonds is 7. The molecule has 0 unspecified atom stereocenters. The number of esters is 1. The van der Waals surface area contributed by atoms with Crippen LogP contribution in [0, 0.1) is 0 Å². The van der Waals surface area contributed by atoms with Crippen molar-refractivity contribution >= 4 is 34.3 Å². The van der Waals surface area contributed by atoms with Crippen LogP contribution in [0.15, 0.2) is 42.6 Å². The number of benzene rings is 1. The van der Waals surface area contributed by atoms with Gasteiger partial charge in [0.05, 0.1) is 24.7 Å². The molecule has 9 heteroatoms. The summed E-state index contributed by atoms with van der Waals surface area (Å²) in [6.07, 6.45) is 4.53. The molecule has 2 fully saturated rings. The van der Waals surface area contributed by atoms with Gasteiger partial charge in [0, 0.05) is 37.8 Å². The Bertz CT molecular complexity index is 1200. The van der Waals surface area contributed by atoms with Crippen molar-refractivity contribution in [3.63, 3.8) is 0 Å². The topological polar surface area (TPSA) is 104 Å². The molecule has 9 nitrogen and oxygen atoms in total. The highest BCUT2D eigenvalue weighted by Gasteiger charge is 2.30. The number of nitrogens with one attached hydrogen (secondary N) is 2. The van der Waals surface area contributed by atoms with E-state index in [1.807, 2.05) is 36.4 Å². The summed E-state index contributed by atoms with van der Waals surface area (Å²) >= 11 is 0. The second-order valence-electron chi connectivity index (χ2n) is 8.90. The average molecular weight is 479 g/mol. The fourth-order valence-corrected chi connectivity index (χ4v) is 4.73. The quantitative estimate of drug-likeness (QED) is 0.500. The van der Waals surface area contributed by atoms with Crippen LogP contribution in [0.3, 0.4) is 0 Å². The van der Waals surface area contributed by atoms with E-state index in [-0.39, 0.29) is 17.6 Å². The van der Waals surface area contributed by atoms with Gasteiger partial charge in [0.25, 0.3) is 5.91 Å². The minimum absolute atomic E-state index is 0.258. The van der Waals surface area contributed by atoms with E-state index in [0.717, 1.165) is 43.7 Å². The first-order valence-corrected chi connectivity index (χ1v) is 12.0. The van der Waals surface area contributed by atoms with Crippen molar-refractivity contribution in [2.45, 2.75) is 44.4 Å². The summed E-state index contributed by atoms with van der Waals surface area (Å²) in [6.45, 7) is 2.39. The third-order valence-corrected chi connectivity index (χ3v) is 6.52. The maximum Gasteiger partial charge on any atom is 0.356 e. The Kier molecular flexibility index (Phi) is 6.96. The minimum Gasteiger partial charge on any atom is -0.464 e. The highest BCUT2D eigenvalue weighted by atomic mass is 16.5. The Hall–Kier alpha value is -3.43. The van der Waals surface area contributed by atoms with Gasteiger partial charge in [0.2, 0.25) is 0 Å². The first-order valence-electron chi connectivity index (χ1n) is 12.0. The number of hydrogen-bond donors (Lipinski definition) is 2. The molecule has 0 saturated carbocycles. The Morgan fingerprint density at radius 3 is 2.66 bits per heavy atom. The summed E-state index contributed by atoms with van der Waals surface area (Å²) < 4.78 is 18.0. The van der Waals surface area contributed by atoms with Crippen LogP contribution in [0.2, 0.25) is 0 Å². The molecule has 4 heterocycles. The Morgan fingerprint density at radius 2 is 1.94 bits per heavy atom. The predicted octanol–water partition coefficient (Wildman–Crippen LogP) is 3.58. The molecule has 0 radical (unpaired) electrons. The zero-order valence-electron chi connectivity index (χ0n) is 19.8. The number of aromatic nitrogens is 2. The molecular formula is C26H30N4O5. The van der Waals surface area contributed by atoms with Crippen molar-refractivity contribution in [1.82, 2.24) is 9.55 Å². The Morgan fingerprint density at radius 1 is 1.14 bits per heavy atom. The summed E-state index contributed by atoms with van der Waals surface area (Å²) in [5.41, 5.74) is 3.07. The lowest BCUT2D eigenvalue weighted by atomic mass is 10.1. The molecule has 184 valence electrons. The van der Waals surface area contributed by atoms with Gasteiger partial charge >= 0.3 is 5.97 Å². The number of pyridine rings is 1. The fourth-order valence-electron chi connectivity index (χ4n) is 4.73. The normalized spacial score (nSPS) is 18.5. The van der Waals surface area contributed by atoms with Gasteiger partial charge in [-0.15, -0.1) is 0 Å². The van der Waals surface area contributed by atoms with Crippen molar-refractivity contribution in [2.75, 3.05) is 37.6 Å². The van der Waals surface area contributed by atoms with E-state index in [9.17, 15) is 9.59 Å². The van der Waals surface area contributed by atoms with Crippen molar-refractivity contribution in [3.8, 4) is 0 Å². The van der Waals surface area contributed by atoms with E-state index in [1.165, 1.54) is 7.11 Å². The molecule has 35 heavy (non-hydrogen) atoms. The Balaban J connectivity index is 1.59. The summed E-state index contributed by atoms with van der Waals surface area (Å²) in [7, 11) is 1.34.